The van der Waals surface area contributed by atoms with Gasteiger partial charge in [-0.2, -0.15) is 13.2 Å². The second-order valence-electron chi connectivity index (χ2n) is 4.42. The predicted molar refractivity (Wildman–Crippen MR) is 64.3 cm³/mol. The van der Waals surface area contributed by atoms with Crippen molar-refractivity contribution >= 4 is 0 Å². The van der Waals surface area contributed by atoms with Gasteiger partial charge in [0.05, 0.1) is 0 Å². The molecule has 2 nitrogen and oxygen atoms in total. The quantitative estimate of drug-likeness (QED) is 0.826. The fourth-order valence-corrected chi connectivity index (χ4v) is 1.71. The van der Waals surface area contributed by atoms with Crippen molar-refractivity contribution in [2.45, 2.75) is 32.5 Å². The first kappa shape index (κ1) is 15.0. The van der Waals surface area contributed by atoms with Crippen molar-refractivity contribution in [3.05, 3.63) is 34.9 Å². The molecule has 0 aromatic heterocycles. The van der Waals surface area contributed by atoms with Gasteiger partial charge in [-0.3, -0.25) is 0 Å². The molecule has 0 radical (unpaired) electrons. The topological polar surface area (TPSA) is 35.2 Å². The summed E-state index contributed by atoms with van der Waals surface area (Å²) < 4.78 is 40.1. The maximum atomic E-state index is 11.9. The van der Waals surface area contributed by atoms with Crippen LogP contribution in [-0.4, -0.2) is 19.4 Å². The molecule has 1 aromatic rings. The van der Waals surface area contributed by atoms with Crippen LogP contribution in [0.2, 0.25) is 0 Å². The number of ether oxygens (including phenoxy) is 1. The Hall–Kier alpha value is -1.07. The van der Waals surface area contributed by atoms with Crippen LogP contribution in [0.3, 0.4) is 0 Å². The van der Waals surface area contributed by atoms with Gasteiger partial charge in [-0.25, -0.2) is 0 Å². The third-order valence-electron chi connectivity index (χ3n) is 2.67. The summed E-state index contributed by atoms with van der Waals surface area (Å²) >= 11 is 0. The number of aryl methyl sites for hydroxylation is 2. The van der Waals surface area contributed by atoms with E-state index >= 15 is 0 Å². The highest BCUT2D eigenvalue weighted by molar-refractivity contribution is 5.32. The summed E-state index contributed by atoms with van der Waals surface area (Å²) in [5.74, 6) is 0. The van der Waals surface area contributed by atoms with Gasteiger partial charge in [-0.1, -0.05) is 23.8 Å². The molecular weight excluding hydrogens is 243 g/mol. The SMILES string of the molecule is Cc1ccc(C)c(C(N)CCOCC(F)(F)F)c1. The van der Waals surface area contributed by atoms with Gasteiger partial charge in [0.1, 0.15) is 6.61 Å². The molecule has 2 N–H and O–H groups in total. The first-order valence-electron chi connectivity index (χ1n) is 5.77. The van der Waals surface area contributed by atoms with Crippen LogP contribution in [0.15, 0.2) is 18.2 Å². The molecule has 0 fully saturated rings. The summed E-state index contributed by atoms with van der Waals surface area (Å²) in [7, 11) is 0. The molecule has 1 aromatic carbocycles. The summed E-state index contributed by atoms with van der Waals surface area (Å²) in [5.41, 5.74) is 9.05. The average molecular weight is 261 g/mol. The van der Waals surface area contributed by atoms with Crippen LogP contribution in [0.25, 0.3) is 0 Å². The van der Waals surface area contributed by atoms with Crippen LogP contribution < -0.4 is 5.73 Å². The van der Waals surface area contributed by atoms with Gasteiger partial charge in [0.15, 0.2) is 0 Å². The first-order valence-corrected chi connectivity index (χ1v) is 5.77. The lowest BCUT2D eigenvalue weighted by Gasteiger charge is -2.16. The lowest BCUT2D eigenvalue weighted by Crippen LogP contribution is -2.20. The molecule has 0 saturated carbocycles. The van der Waals surface area contributed by atoms with Crippen molar-refractivity contribution in [1.82, 2.24) is 0 Å². The highest BCUT2D eigenvalue weighted by Crippen LogP contribution is 2.20. The molecule has 0 aliphatic heterocycles. The summed E-state index contributed by atoms with van der Waals surface area (Å²) in [6.07, 6.45) is -3.90. The molecular formula is C13H18F3NO. The maximum Gasteiger partial charge on any atom is 0.411 e. The van der Waals surface area contributed by atoms with Crippen molar-refractivity contribution in [3.8, 4) is 0 Å². The number of benzene rings is 1. The molecule has 0 spiro atoms. The van der Waals surface area contributed by atoms with E-state index in [0.29, 0.717) is 6.42 Å². The fraction of sp³-hybridized carbons (Fsp3) is 0.538. The summed E-state index contributed by atoms with van der Waals surface area (Å²) in [6.45, 7) is 2.68. The Kier molecular flexibility index (Phi) is 5.16. The van der Waals surface area contributed by atoms with Crippen LogP contribution in [0.1, 0.15) is 29.2 Å². The van der Waals surface area contributed by atoms with Gasteiger partial charge < -0.3 is 10.5 Å². The van der Waals surface area contributed by atoms with Crippen LogP contribution in [0, 0.1) is 13.8 Å². The minimum atomic E-state index is -4.27. The van der Waals surface area contributed by atoms with Crippen molar-refractivity contribution in [2.24, 2.45) is 5.73 Å². The zero-order chi connectivity index (χ0) is 13.8. The van der Waals surface area contributed by atoms with Gasteiger partial charge in [-0.15, -0.1) is 0 Å². The van der Waals surface area contributed by atoms with Crippen molar-refractivity contribution < 1.29 is 17.9 Å². The molecule has 0 aliphatic rings. The standard InChI is InChI=1S/C13H18F3NO/c1-9-3-4-10(2)11(7-9)12(17)5-6-18-8-13(14,15)16/h3-4,7,12H,5-6,8,17H2,1-2H3. The number of hydrogen-bond acceptors (Lipinski definition) is 2. The zero-order valence-corrected chi connectivity index (χ0v) is 10.6. The molecule has 0 saturated heterocycles. The zero-order valence-electron chi connectivity index (χ0n) is 10.6. The Labute approximate surface area is 105 Å². The average Bonchev–Trinajstić information content (AvgIpc) is 2.26. The van der Waals surface area contributed by atoms with Crippen LogP contribution >= 0.6 is 0 Å². The molecule has 0 aliphatic carbocycles. The Balaban J connectivity index is 2.45. The van der Waals surface area contributed by atoms with E-state index in [9.17, 15) is 13.2 Å². The lowest BCUT2D eigenvalue weighted by atomic mass is 9.98. The summed E-state index contributed by atoms with van der Waals surface area (Å²) in [4.78, 5) is 0. The Morgan fingerprint density at radius 2 is 1.94 bits per heavy atom. The van der Waals surface area contributed by atoms with E-state index in [1.807, 2.05) is 32.0 Å². The lowest BCUT2D eigenvalue weighted by molar-refractivity contribution is -0.174. The first-order chi connectivity index (χ1) is 8.29. The Morgan fingerprint density at radius 1 is 1.28 bits per heavy atom. The van der Waals surface area contributed by atoms with E-state index in [1.165, 1.54) is 0 Å². The minimum absolute atomic E-state index is 0.00799. The molecule has 5 heteroatoms. The molecule has 1 rings (SSSR count). The van der Waals surface area contributed by atoms with Gasteiger partial charge in [0.2, 0.25) is 0 Å². The largest absolute Gasteiger partial charge is 0.411 e. The van der Waals surface area contributed by atoms with Gasteiger partial charge >= 0.3 is 6.18 Å². The monoisotopic (exact) mass is 261 g/mol. The molecule has 1 atom stereocenters. The van der Waals surface area contributed by atoms with E-state index in [1.54, 1.807) is 0 Å². The minimum Gasteiger partial charge on any atom is -0.372 e. The third kappa shape index (κ3) is 5.06. The highest BCUT2D eigenvalue weighted by Gasteiger charge is 2.27. The number of alkyl halides is 3. The molecule has 0 amide bonds. The summed E-state index contributed by atoms with van der Waals surface area (Å²) in [6, 6.07) is 5.61. The molecule has 1 unspecified atom stereocenters. The van der Waals surface area contributed by atoms with E-state index in [0.717, 1.165) is 16.7 Å². The van der Waals surface area contributed by atoms with Crippen LogP contribution in [0.4, 0.5) is 13.2 Å². The molecule has 18 heavy (non-hydrogen) atoms. The van der Waals surface area contributed by atoms with Crippen LogP contribution in [0.5, 0.6) is 0 Å². The van der Waals surface area contributed by atoms with Crippen LogP contribution in [-0.2, 0) is 4.74 Å². The Bertz CT molecular complexity index is 390. The molecule has 102 valence electrons. The van der Waals surface area contributed by atoms with E-state index in [-0.39, 0.29) is 12.6 Å². The highest BCUT2D eigenvalue weighted by atomic mass is 19.4. The number of nitrogens with two attached hydrogens (primary N) is 1. The number of rotatable bonds is 5. The second kappa shape index (κ2) is 6.20. The normalized spacial score (nSPS) is 13.7. The van der Waals surface area contributed by atoms with Crippen molar-refractivity contribution in [1.29, 1.82) is 0 Å². The second-order valence-corrected chi connectivity index (χ2v) is 4.42. The van der Waals surface area contributed by atoms with Crippen molar-refractivity contribution in [3.63, 3.8) is 0 Å². The predicted octanol–water partition coefficient (Wildman–Crippen LogP) is 3.27. The van der Waals surface area contributed by atoms with E-state index in [4.69, 9.17) is 5.73 Å². The molecule has 0 heterocycles. The molecule has 0 bridgehead atoms. The summed E-state index contributed by atoms with van der Waals surface area (Å²) in [5, 5.41) is 0. The van der Waals surface area contributed by atoms with Gasteiger partial charge in [0.25, 0.3) is 0 Å². The maximum absolute atomic E-state index is 11.9. The Morgan fingerprint density at radius 3 is 2.56 bits per heavy atom. The van der Waals surface area contributed by atoms with E-state index < -0.39 is 12.8 Å². The number of halogens is 3. The smallest absolute Gasteiger partial charge is 0.372 e. The van der Waals surface area contributed by atoms with E-state index in [2.05, 4.69) is 4.74 Å². The fourth-order valence-electron chi connectivity index (χ4n) is 1.71. The van der Waals surface area contributed by atoms with Crippen molar-refractivity contribution in [2.75, 3.05) is 13.2 Å². The third-order valence-corrected chi connectivity index (χ3v) is 2.67. The number of hydrogen-bond donors (Lipinski definition) is 1. The van der Waals surface area contributed by atoms with Gasteiger partial charge in [0, 0.05) is 12.6 Å². The van der Waals surface area contributed by atoms with Gasteiger partial charge in [-0.05, 0) is 31.4 Å².